The average Bonchev–Trinajstić information content (AvgIpc) is 3.39. The van der Waals surface area contributed by atoms with Crippen LogP contribution in [0.2, 0.25) is 0 Å². The van der Waals surface area contributed by atoms with Gasteiger partial charge in [0, 0.05) is 19.7 Å². The summed E-state index contributed by atoms with van der Waals surface area (Å²) in [7, 11) is -3.31. The summed E-state index contributed by atoms with van der Waals surface area (Å²) < 4.78 is 32.3. The molecule has 0 saturated carbocycles. The summed E-state index contributed by atoms with van der Waals surface area (Å²) in [5.74, 6) is -0.401. The predicted molar refractivity (Wildman–Crippen MR) is 119 cm³/mol. The lowest BCUT2D eigenvalue weighted by atomic mass is 9.98. The van der Waals surface area contributed by atoms with E-state index in [1.165, 1.54) is 27.5 Å². The Bertz CT molecular complexity index is 1010. The van der Waals surface area contributed by atoms with E-state index < -0.39 is 10.0 Å². The summed E-state index contributed by atoms with van der Waals surface area (Å²) in [4.78, 5) is 20.1. The van der Waals surface area contributed by atoms with Gasteiger partial charge in [0.25, 0.3) is 0 Å². The number of rotatable bonds is 6. The Labute approximate surface area is 182 Å². The van der Waals surface area contributed by atoms with E-state index in [1.54, 1.807) is 4.90 Å². The molecular formula is C21H29N3O4S2. The molecule has 2 aromatic rings. The molecule has 0 bridgehead atoms. The zero-order chi connectivity index (χ0) is 21.3. The van der Waals surface area contributed by atoms with E-state index in [1.807, 2.05) is 6.07 Å². The van der Waals surface area contributed by atoms with Gasteiger partial charge in [-0.25, -0.2) is 17.7 Å². The Morgan fingerprint density at radius 2 is 2.17 bits per heavy atom. The Balaban J connectivity index is 1.63. The second kappa shape index (κ2) is 8.90. The van der Waals surface area contributed by atoms with Gasteiger partial charge >= 0.3 is 0 Å². The number of nitrogens with zero attached hydrogens (tertiary/aromatic N) is 3. The third kappa shape index (κ3) is 4.69. The van der Waals surface area contributed by atoms with Gasteiger partial charge in [-0.05, 0) is 49.8 Å². The van der Waals surface area contributed by atoms with E-state index >= 15 is 0 Å². The van der Waals surface area contributed by atoms with Crippen LogP contribution < -0.4 is 4.90 Å². The molecule has 2 atom stereocenters. The minimum Gasteiger partial charge on any atom is -0.376 e. The second-order valence-electron chi connectivity index (χ2n) is 8.20. The van der Waals surface area contributed by atoms with Crippen LogP contribution in [0.1, 0.15) is 38.2 Å². The summed E-state index contributed by atoms with van der Waals surface area (Å²) in [5, 5.41) is 0.676. The van der Waals surface area contributed by atoms with Gasteiger partial charge in [0.05, 0.1) is 35.0 Å². The number of ether oxygens (including phenoxy) is 1. The molecule has 1 aromatic heterocycles. The zero-order valence-corrected chi connectivity index (χ0v) is 19.2. The summed E-state index contributed by atoms with van der Waals surface area (Å²) in [5.41, 5.74) is 2.13. The Morgan fingerprint density at radius 1 is 1.33 bits per heavy atom. The van der Waals surface area contributed by atoms with Crippen molar-refractivity contribution in [1.82, 2.24) is 9.29 Å². The first-order valence-electron chi connectivity index (χ1n) is 10.6. The highest BCUT2D eigenvalue weighted by Gasteiger charge is 2.35. The number of piperidine rings is 1. The summed E-state index contributed by atoms with van der Waals surface area (Å²) in [6.07, 6.45) is 5.47. The molecule has 2 aliphatic rings. The predicted octanol–water partition coefficient (Wildman–Crippen LogP) is 3.04. The standard InChI is InChI=1S/C21H29N3O4S2/c1-3-15-8-9-18-19(12-15)29-21(22-18)24(14-17-7-5-11-28-17)20(25)16-6-4-10-23(13-16)30(2,26)27/h8-9,12,16-17H,3-7,10-11,13-14H2,1-2H3. The Hall–Kier alpha value is -1.55. The van der Waals surface area contributed by atoms with Gasteiger partial charge in [0.2, 0.25) is 15.9 Å². The maximum atomic E-state index is 13.6. The van der Waals surface area contributed by atoms with Crippen molar-refractivity contribution in [2.75, 3.05) is 37.4 Å². The number of aryl methyl sites for hydroxylation is 1. The van der Waals surface area contributed by atoms with Crippen LogP contribution in [0.15, 0.2) is 18.2 Å². The topological polar surface area (TPSA) is 79.8 Å². The van der Waals surface area contributed by atoms with Crippen molar-refractivity contribution in [2.45, 2.75) is 45.1 Å². The fourth-order valence-electron chi connectivity index (χ4n) is 4.21. The normalized spacial score (nSPS) is 23.1. The Kier molecular flexibility index (Phi) is 6.43. The molecule has 2 aliphatic heterocycles. The quantitative estimate of drug-likeness (QED) is 0.674. The number of hydrogen-bond donors (Lipinski definition) is 0. The van der Waals surface area contributed by atoms with E-state index in [2.05, 4.69) is 19.1 Å². The van der Waals surface area contributed by atoms with E-state index in [9.17, 15) is 13.2 Å². The van der Waals surface area contributed by atoms with Crippen molar-refractivity contribution in [3.63, 3.8) is 0 Å². The van der Waals surface area contributed by atoms with E-state index in [4.69, 9.17) is 9.72 Å². The molecule has 4 rings (SSSR count). The molecule has 0 aliphatic carbocycles. The van der Waals surface area contributed by atoms with Gasteiger partial charge in [-0.3, -0.25) is 9.69 Å². The molecule has 0 spiro atoms. The molecule has 2 fully saturated rings. The molecule has 3 heterocycles. The van der Waals surface area contributed by atoms with Crippen LogP contribution in [0.4, 0.5) is 5.13 Å². The van der Waals surface area contributed by atoms with Gasteiger partial charge in [0.15, 0.2) is 5.13 Å². The molecule has 7 nitrogen and oxygen atoms in total. The maximum Gasteiger partial charge on any atom is 0.233 e. The number of carbonyl (C=O) groups excluding carboxylic acids is 1. The monoisotopic (exact) mass is 451 g/mol. The number of anilines is 1. The van der Waals surface area contributed by atoms with Crippen LogP contribution in [-0.2, 0) is 26.0 Å². The van der Waals surface area contributed by atoms with Gasteiger partial charge < -0.3 is 4.74 Å². The third-order valence-electron chi connectivity index (χ3n) is 5.96. The highest BCUT2D eigenvalue weighted by atomic mass is 32.2. The lowest BCUT2D eigenvalue weighted by molar-refractivity contribution is -0.123. The van der Waals surface area contributed by atoms with Crippen LogP contribution in [-0.4, -0.2) is 62.2 Å². The summed E-state index contributed by atoms with van der Waals surface area (Å²) in [6, 6.07) is 6.22. The highest BCUT2D eigenvalue weighted by molar-refractivity contribution is 7.88. The minimum atomic E-state index is -3.31. The Morgan fingerprint density at radius 3 is 2.87 bits per heavy atom. The molecule has 9 heteroatoms. The summed E-state index contributed by atoms with van der Waals surface area (Å²) in [6.45, 7) is 4.03. The molecule has 1 aromatic carbocycles. The van der Waals surface area contributed by atoms with Gasteiger partial charge in [-0.2, -0.15) is 0 Å². The second-order valence-corrected chi connectivity index (χ2v) is 11.2. The average molecular weight is 452 g/mol. The lowest BCUT2D eigenvalue weighted by Gasteiger charge is -2.33. The minimum absolute atomic E-state index is 0.00164. The van der Waals surface area contributed by atoms with E-state index in [0.29, 0.717) is 31.1 Å². The number of hydrogen-bond acceptors (Lipinski definition) is 6. The fraction of sp³-hybridized carbons (Fsp3) is 0.619. The zero-order valence-electron chi connectivity index (χ0n) is 17.5. The fourth-order valence-corrected chi connectivity index (χ4v) is 6.17. The first-order valence-corrected chi connectivity index (χ1v) is 13.3. The molecular weight excluding hydrogens is 422 g/mol. The smallest absolute Gasteiger partial charge is 0.233 e. The van der Waals surface area contributed by atoms with E-state index in [0.717, 1.165) is 36.1 Å². The SMILES string of the molecule is CCc1ccc2nc(N(CC3CCCO3)C(=O)C3CCCN(S(C)(=O)=O)C3)sc2c1. The van der Waals surface area contributed by atoms with Crippen LogP contribution >= 0.6 is 11.3 Å². The van der Waals surface area contributed by atoms with Gasteiger partial charge in [0.1, 0.15) is 0 Å². The van der Waals surface area contributed by atoms with Crippen molar-refractivity contribution in [3.05, 3.63) is 23.8 Å². The van der Waals surface area contributed by atoms with Crippen molar-refractivity contribution in [2.24, 2.45) is 5.92 Å². The third-order valence-corrected chi connectivity index (χ3v) is 8.27. The molecule has 2 unspecified atom stereocenters. The number of carbonyl (C=O) groups is 1. The molecule has 0 N–H and O–H groups in total. The molecule has 164 valence electrons. The highest BCUT2D eigenvalue weighted by Crippen LogP contribution is 2.33. The molecule has 1 amide bonds. The molecule has 2 saturated heterocycles. The van der Waals surface area contributed by atoms with Crippen LogP contribution in [0, 0.1) is 5.92 Å². The van der Waals surface area contributed by atoms with Crippen LogP contribution in [0.25, 0.3) is 10.2 Å². The molecule has 0 radical (unpaired) electrons. The largest absolute Gasteiger partial charge is 0.376 e. The summed E-state index contributed by atoms with van der Waals surface area (Å²) >= 11 is 1.52. The van der Waals surface area contributed by atoms with Gasteiger partial charge in [-0.15, -0.1) is 0 Å². The van der Waals surface area contributed by atoms with Crippen LogP contribution in [0.5, 0.6) is 0 Å². The molecule has 30 heavy (non-hydrogen) atoms. The van der Waals surface area contributed by atoms with E-state index in [-0.39, 0.29) is 24.5 Å². The number of sulfonamides is 1. The van der Waals surface area contributed by atoms with Gasteiger partial charge in [-0.1, -0.05) is 24.3 Å². The van der Waals surface area contributed by atoms with Crippen molar-refractivity contribution < 1.29 is 17.9 Å². The van der Waals surface area contributed by atoms with Crippen molar-refractivity contribution in [3.8, 4) is 0 Å². The number of aromatic nitrogens is 1. The first kappa shape index (κ1) is 21.7. The number of fused-ring (bicyclic) bond motifs is 1. The number of amides is 1. The number of thiazole rings is 1. The maximum absolute atomic E-state index is 13.6. The van der Waals surface area contributed by atoms with Crippen molar-refractivity contribution >= 4 is 42.6 Å². The first-order chi connectivity index (χ1) is 14.3. The van der Waals surface area contributed by atoms with Crippen molar-refractivity contribution in [1.29, 1.82) is 0 Å². The lowest BCUT2D eigenvalue weighted by Crippen LogP contribution is -2.48. The number of benzene rings is 1. The van der Waals surface area contributed by atoms with Crippen LogP contribution in [0.3, 0.4) is 0 Å².